The van der Waals surface area contributed by atoms with Crippen molar-refractivity contribution in [3.63, 3.8) is 0 Å². The summed E-state index contributed by atoms with van der Waals surface area (Å²) in [6, 6.07) is 3.30. The first kappa shape index (κ1) is 27.9. The minimum Gasteiger partial charge on any atom is -0.490 e. The van der Waals surface area contributed by atoms with Gasteiger partial charge in [-0.25, -0.2) is 14.2 Å². The normalized spacial score (nSPS) is 23.0. The zero-order valence-corrected chi connectivity index (χ0v) is 22.5. The molecule has 0 saturated carbocycles. The number of benzene rings is 1. The van der Waals surface area contributed by atoms with Crippen LogP contribution in [0.3, 0.4) is 0 Å². The number of esters is 1. The smallest absolute Gasteiger partial charge is 0.490 e. The van der Waals surface area contributed by atoms with E-state index in [1.165, 1.54) is 0 Å². The predicted molar refractivity (Wildman–Crippen MR) is 136 cm³/mol. The number of methoxy groups -OCH3 is 1. The van der Waals surface area contributed by atoms with E-state index in [0.29, 0.717) is 44.0 Å². The van der Waals surface area contributed by atoms with Gasteiger partial charge in [-0.15, -0.1) is 0 Å². The van der Waals surface area contributed by atoms with Gasteiger partial charge in [0.25, 0.3) is 0 Å². The van der Waals surface area contributed by atoms with Crippen LogP contribution in [0.5, 0.6) is 11.5 Å². The summed E-state index contributed by atoms with van der Waals surface area (Å²) in [7, 11) is 1.63. The molecule has 13 heteroatoms. The van der Waals surface area contributed by atoms with E-state index >= 15 is 4.39 Å². The minimum atomic E-state index is -5.28. The zero-order chi connectivity index (χ0) is 28.1. The van der Waals surface area contributed by atoms with Gasteiger partial charge in [0.05, 0.1) is 23.3 Å². The topological polar surface area (TPSA) is 76.2 Å². The Labute approximate surface area is 228 Å². The van der Waals surface area contributed by atoms with E-state index in [4.69, 9.17) is 26.1 Å². The van der Waals surface area contributed by atoms with Gasteiger partial charge in [-0.3, -0.25) is 4.90 Å². The number of anilines is 1. The van der Waals surface area contributed by atoms with Crippen LogP contribution < -0.4 is 19.7 Å². The summed E-state index contributed by atoms with van der Waals surface area (Å²) < 4.78 is 70.9. The summed E-state index contributed by atoms with van der Waals surface area (Å²) in [5, 5.41) is 3.27. The molecule has 5 rings (SSSR count). The fourth-order valence-corrected chi connectivity index (χ4v) is 5.80. The number of hydrogen-bond donors (Lipinski definition) is 1. The van der Waals surface area contributed by atoms with Crippen LogP contribution in [0.25, 0.3) is 11.3 Å². The highest BCUT2D eigenvalue weighted by atomic mass is 35.5. The van der Waals surface area contributed by atoms with Crippen molar-refractivity contribution in [2.75, 3.05) is 44.8 Å². The van der Waals surface area contributed by atoms with Gasteiger partial charge in [0.2, 0.25) is 0 Å². The van der Waals surface area contributed by atoms with E-state index in [2.05, 4.69) is 15.0 Å². The van der Waals surface area contributed by atoms with Crippen molar-refractivity contribution in [1.82, 2.24) is 15.2 Å². The maximum absolute atomic E-state index is 15.3. The van der Waals surface area contributed by atoms with Gasteiger partial charge in [0, 0.05) is 45.4 Å². The Morgan fingerprint density at radius 1 is 1.31 bits per heavy atom. The predicted octanol–water partition coefficient (Wildman–Crippen LogP) is 4.18. The van der Waals surface area contributed by atoms with E-state index < -0.39 is 34.8 Å². The Morgan fingerprint density at radius 2 is 2.08 bits per heavy atom. The minimum absolute atomic E-state index is 0.0496. The molecule has 2 atom stereocenters. The molecule has 2 fully saturated rings. The van der Waals surface area contributed by atoms with E-state index in [9.17, 15) is 18.0 Å². The third-order valence-corrected chi connectivity index (χ3v) is 7.85. The Morgan fingerprint density at radius 3 is 2.77 bits per heavy atom. The van der Waals surface area contributed by atoms with Gasteiger partial charge in [-0.1, -0.05) is 17.7 Å². The van der Waals surface area contributed by atoms with Gasteiger partial charge >= 0.3 is 12.1 Å². The second kappa shape index (κ2) is 10.4. The number of alkyl halides is 3. The number of hydrogen-bond acceptors (Lipinski definition) is 8. The molecule has 3 aliphatic heterocycles. The van der Waals surface area contributed by atoms with Crippen LogP contribution in [0.15, 0.2) is 18.2 Å². The first-order valence-corrected chi connectivity index (χ1v) is 13.0. The zero-order valence-electron chi connectivity index (χ0n) is 21.7. The maximum atomic E-state index is 15.3. The van der Waals surface area contributed by atoms with Crippen molar-refractivity contribution in [1.29, 1.82) is 0 Å². The lowest BCUT2D eigenvalue weighted by Gasteiger charge is -2.36. The Bertz CT molecular complexity index is 1280. The number of rotatable bonds is 4. The number of aromatic nitrogens is 1. The van der Waals surface area contributed by atoms with Gasteiger partial charge in [-0.05, 0) is 32.4 Å². The molecule has 0 aliphatic carbocycles. The van der Waals surface area contributed by atoms with Gasteiger partial charge < -0.3 is 24.4 Å². The largest absolute Gasteiger partial charge is 0.491 e. The number of halogens is 5. The number of carbonyl (C=O) groups is 1. The fourth-order valence-electron chi connectivity index (χ4n) is 5.49. The third kappa shape index (κ3) is 5.27. The highest BCUT2D eigenvalue weighted by Crippen LogP contribution is 2.48. The van der Waals surface area contributed by atoms with Gasteiger partial charge in [0.15, 0.2) is 0 Å². The average Bonchev–Trinajstić information content (AvgIpc) is 3.05. The second-order valence-corrected chi connectivity index (χ2v) is 10.9. The molecule has 4 heterocycles. The number of nitrogens with one attached hydrogen (secondary N) is 1. The van der Waals surface area contributed by atoms with Gasteiger partial charge in [0.1, 0.15) is 40.5 Å². The first-order chi connectivity index (χ1) is 18.4. The Hall–Kier alpha value is -2.67. The second-order valence-electron chi connectivity index (χ2n) is 10.5. The van der Waals surface area contributed by atoms with Crippen LogP contribution in [-0.4, -0.2) is 79.6 Å². The van der Waals surface area contributed by atoms with Crippen LogP contribution in [0, 0.1) is 5.82 Å². The third-order valence-electron chi connectivity index (χ3n) is 7.50. The molecule has 0 amide bonds. The molecule has 0 radical (unpaired) electrons. The summed E-state index contributed by atoms with van der Waals surface area (Å²) in [6.45, 7) is 7.54. The molecule has 1 unspecified atom stereocenters. The lowest BCUT2D eigenvalue weighted by Crippen LogP contribution is -2.52. The van der Waals surface area contributed by atoms with Crippen molar-refractivity contribution < 1.29 is 36.6 Å². The molecule has 0 spiro atoms. The van der Waals surface area contributed by atoms with Crippen LogP contribution in [-0.2, 0) is 16.1 Å². The molecular weight excluding hydrogens is 544 g/mol. The number of pyridine rings is 1. The highest BCUT2D eigenvalue weighted by molar-refractivity contribution is 6.35. The molecule has 1 aromatic heterocycles. The van der Waals surface area contributed by atoms with Crippen LogP contribution in [0.4, 0.5) is 23.4 Å². The Kier molecular flexibility index (Phi) is 7.42. The number of piperazine rings is 1. The SMILES string of the molecule is COC1CN(c2nc(-c3c(F)cccc3OC(=O)C(F)(F)F)c(Cl)c3c2CN2CCNC[C@@H]2CO3)C(C)(C)C1. The molecule has 3 aliphatic rings. The van der Waals surface area contributed by atoms with Crippen molar-refractivity contribution in [2.45, 2.75) is 50.7 Å². The number of fused-ring (bicyclic) bond motifs is 2. The lowest BCUT2D eigenvalue weighted by molar-refractivity contribution is -0.189. The Balaban J connectivity index is 1.71. The van der Waals surface area contributed by atoms with Gasteiger partial charge in [-0.2, -0.15) is 13.2 Å². The highest BCUT2D eigenvalue weighted by Gasteiger charge is 2.44. The number of ether oxygens (including phenoxy) is 3. The van der Waals surface area contributed by atoms with Crippen LogP contribution in [0.1, 0.15) is 25.8 Å². The van der Waals surface area contributed by atoms with Crippen molar-refractivity contribution in [3.8, 4) is 22.8 Å². The fraction of sp³-hybridized carbons (Fsp3) is 0.538. The summed E-state index contributed by atoms with van der Waals surface area (Å²) >= 11 is 6.81. The molecule has 39 heavy (non-hydrogen) atoms. The van der Waals surface area contributed by atoms with Crippen molar-refractivity contribution >= 4 is 23.4 Å². The standard InChI is InChI=1S/C26H29ClF4N4O4/c1-25(2)9-15(37-3)11-35(25)23-16-12-34-8-7-32-10-14(34)13-38-22(16)20(27)21(33-23)19-17(28)5-4-6-18(19)39-24(36)26(29,30)31/h4-6,14-15,32H,7-13H2,1-3H3/t14-,15?/m1/s1. The summed E-state index contributed by atoms with van der Waals surface area (Å²) in [5.74, 6) is -3.34. The molecule has 8 nitrogen and oxygen atoms in total. The van der Waals surface area contributed by atoms with E-state index in [1.54, 1.807) is 7.11 Å². The van der Waals surface area contributed by atoms with Crippen LogP contribution in [0.2, 0.25) is 5.02 Å². The summed E-state index contributed by atoms with van der Waals surface area (Å²) in [6.07, 6.45) is -4.70. The number of nitrogens with zero attached hydrogens (tertiary/aromatic N) is 3. The molecular formula is C26H29ClF4N4O4. The van der Waals surface area contributed by atoms with Crippen molar-refractivity contribution in [3.05, 3.63) is 34.6 Å². The number of carbonyl (C=O) groups excluding carboxylic acids is 1. The molecule has 1 N–H and O–H groups in total. The summed E-state index contributed by atoms with van der Waals surface area (Å²) in [4.78, 5) is 20.8. The van der Waals surface area contributed by atoms with Crippen LogP contribution >= 0.6 is 11.6 Å². The lowest BCUT2D eigenvalue weighted by atomic mass is 10.00. The molecule has 212 valence electrons. The summed E-state index contributed by atoms with van der Waals surface area (Å²) in [5.41, 5.74) is -0.370. The molecule has 2 saturated heterocycles. The quantitative estimate of drug-likeness (QED) is 0.332. The first-order valence-electron chi connectivity index (χ1n) is 12.6. The molecule has 2 aromatic rings. The van der Waals surface area contributed by atoms with E-state index in [1.807, 2.05) is 18.7 Å². The molecule has 0 bridgehead atoms. The van der Waals surface area contributed by atoms with E-state index in [0.717, 1.165) is 31.3 Å². The molecule has 1 aromatic carbocycles. The monoisotopic (exact) mass is 572 g/mol. The average molecular weight is 573 g/mol. The van der Waals surface area contributed by atoms with E-state index in [-0.39, 0.29) is 28.6 Å². The van der Waals surface area contributed by atoms with Crippen molar-refractivity contribution in [2.24, 2.45) is 0 Å². The maximum Gasteiger partial charge on any atom is 0.491 e.